The van der Waals surface area contributed by atoms with E-state index in [9.17, 15) is 4.79 Å². The van der Waals surface area contributed by atoms with Gasteiger partial charge in [0.05, 0.1) is 11.7 Å². The molecule has 0 saturated heterocycles. The zero-order chi connectivity index (χ0) is 19.1. The Balaban J connectivity index is 1.39. The van der Waals surface area contributed by atoms with Gasteiger partial charge < -0.3 is 5.32 Å². The van der Waals surface area contributed by atoms with Crippen molar-refractivity contribution in [2.24, 2.45) is 7.05 Å². The highest BCUT2D eigenvalue weighted by Gasteiger charge is 2.24. The van der Waals surface area contributed by atoms with Gasteiger partial charge in [0.25, 0.3) is 5.91 Å². The number of hydrogen-bond donors (Lipinski definition) is 2. The first kappa shape index (κ1) is 16.7. The van der Waals surface area contributed by atoms with Crippen LogP contribution in [0.4, 0.5) is 0 Å². The molecule has 4 aromatic rings. The van der Waals surface area contributed by atoms with Crippen molar-refractivity contribution in [2.45, 2.75) is 25.3 Å². The molecule has 6 nitrogen and oxygen atoms in total. The summed E-state index contributed by atoms with van der Waals surface area (Å²) < 4.78 is 1.80. The molecule has 2 aromatic heterocycles. The number of carbonyl (C=O) groups is 1. The van der Waals surface area contributed by atoms with E-state index in [2.05, 4.69) is 44.9 Å². The first-order valence-corrected chi connectivity index (χ1v) is 9.51. The van der Waals surface area contributed by atoms with E-state index in [-0.39, 0.29) is 5.91 Å². The van der Waals surface area contributed by atoms with Gasteiger partial charge in [-0.05, 0) is 42.2 Å². The Hall–Kier alpha value is -3.41. The van der Waals surface area contributed by atoms with Crippen molar-refractivity contribution in [3.63, 3.8) is 0 Å². The number of aromatic amines is 1. The Morgan fingerprint density at radius 3 is 2.71 bits per heavy atom. The van der Waals surface area contributed by atoms with Crippen LogP contribution in [0.5, 0.6) is 0 Å². The number of benzene rings is 2. The molecule has 2 N–H and O–H groups in total. The largest absolute Gasteiger partial charge is 0.349 e. The minimum Gasteiger partial charge on any atom is -0.349 e. The third-order valence-corrected chi connectivity index (χ3v) is 5.18. The van der Waals surface area contributed by atoms with Gasteiger partial charge in [-0.3, -0.25) is 14.6 Å². The van der Waals surface area contributed by atoms with E-state index in [4.69, 9.17) is 0 Å². The normalized spacial score (nSPS) is 13.8. The fourth-order valence-corrected chi connectivity index (χ4v) is 3.43. The predicted octanol–water partition coefficient (Wildman–Crippen LogP) is 3.45. The highest BCUT2D eigenvalue weighted by atomic mass is 16.1. The summed E-state index contributed by atoms with van der Waals surface area (Å²) in [6, 6.07) is 14.5. The van der Waals surface area contributed by atoms with Gasteiger partial charge in [0.1, 0.15) is 0 Å². The molecule has 6 heteroatoms. The molecule has 0 radical (unpaired) electrons. The van der Waals surface area contributed by atoms with Crippen molar-refractivity contribution < 1.29 is 4.79 Å². The molecule has 1 amide bonds. The second-order valence-electron chi connectivity index (χ2n) is 7.46. The van der Waals surface area contributed by atoms with Crippen LogP contribution in [-0.2, 0) is 13.5 Å². The van der Waals surface area contributed by atoms with Crippen molar-refractivity contribution in [2.75, 3.05) is 0 Å². The number of carbonyl (C=O) groups excluding carboxylic acids is 1. The number of aromatic nitrogens is 4. The van der Waals surface area contributed by atoms with Gasteiger partial charge >= 0.3 is 0 Å². The highest BCUT2D eigenvalue weighted by molar-refractivity contribution is 5.98. The van der Waals surface area contributed by atoms with Gasteiger partial charge in [0, 0.05) is 47.9 Å². The molecule has 0 spiro atoms. The number of nitrogens with zero attached hydrogens (tertiary/aromatic N) is 3. The van der Waals surface area contributed by atoms with Gasteiger partial charge in [-0.1, -0.05) is 24.3 Å². The van der Waals surface area contributed by atoms with Crippen LogP contribution in [0.3, 0.4) is 0 Å². The van der Waals surface area contributed by atoms with Crippen molar-refractivity contribution in [1.82, 2.24) is 25.3 Å². The van der Waals surface area contributed by atoms with Gasteiger partial charge in [-0.25, -0.2) is 0 Å². The quantitative estimate of drug-likeness (QED) is 0.564. The standard InChI is InChI=1S/C22H21N5O/c1-27-13-17(12-23-27)15-4-2-14(3-5-15)10-21-19-11-16(6-9-20(19)25-26-21)22(28)24-18-7-8-18/h2-6,9,11-13,18H,7-8,10H2,1H3,(H,24,28)(H,25,26). The number of rotatable bonds is 5. The number of H-pyrrole nitrogens is 1. The average molecular weight is 371 g/mol. The first-order chi connectivity index (χ1) is 13.7. The van der Waals surface area contributed by atoms with Crippen LogP contribution in [0.1, 0.15) is 34.5 Å². The summed E-state index contributed by atoms with van der Waals surface area (Å²) in [5.41, 5.74) is 6.02. The maximum atomic E-state index is 12.4. The zero-order valence-electron chi connectivity index (χ0n) is 15.6. The average Bonchev–Trinajstić information content (AvgIpc) is 3.27. The van der Waals surface area contributed by atoms with Gasteiger partial charge in [-0.15, -0.1) is 0 Å². The van der Waals surface area contributed by atoms with E-state index < -0.39 is 0 Å². The summed E-state index contributed by atoms with van der Waals surface area (Å²) in [6.45, 7) is 0. The summed E-state index contributed by atoms with van der Waals surface area (Å²) in [4.78, 5) is 12.4. The molecule has 1 aliphatic carbocycles. The smallest absolute Gasteiger partial charge is 0.251 e. The molecule has 2 heterocycles. The molecule has 5 rings (SSSR count). The molecule has 0 bridgehead atoms. The number of aryl methyl sites for hydroxylation is 1. The number of hydrogen-bond acceptors (Lipinski definition) is 3. The fraction of sp³-hybridized carbons (Fsp3) is 0.227. The van der Waals surface area contributed by atoms with E-state index in [1.807, 2.05) is 37.6 Å². The third kappa shape index (κ3) is 3.29. The lowest BCUT2D eigenvalue weighted by Crippen LogP contribution is -2.25. The Kier molecular flexibility index (Phi) is 3.97. The van der Waals surface area contributed by atoms with Crippen LogP contribution >= 0.6 is 0 Å². The van der Waals surface area contributed by atoms with Crippen LogP contribution in [0.25, 0.3) is 22.0 Å². The molecule has 0 aliphatic heterocycles. The molecular formula is C22H21N5O. The number of nitrogens with one attached hydrogen (secondary N) is 2. The van der Waals surface area contributed by atoms with E-state index in [1.54, 1.807) is 4.68 Å². The van der Waals surface area contributed by atoms with E-state index in [1.165, 1.54) is 5.56 Å². The van der Waals surface area contributed by atoms with Crippen LogP contribution in [0.15, 0.2) is 54.9 Å². The second kappa shape index (κ2) is 6.64. The van der Waals surface area contributed by atoms with Gasteiger partial charge in [-0.2, -0.15) is 10.2 Å². The minimum atomic E-state index is -0.00243. The zero-order valence-corrected chi connectivity index (χ0v) is 15.6. The molecule has 1 saturated carbocycles. The second-order valence-corrected chi connectivity index (χ2v) is 7.46. The molecule has 1 fully saturated rings. The lowest BCUT2D eigenvalue weighted by Gasteiger charge is -2.05. The number of fused-ring (bicyclic) bond motifs is 1. The van der Waals surface area contributed by atoms with Gasteiger partial charge in [0.15, 0.2) is 0 Å². The molecule has 28 heavy (non-hydrogen) atoms. The summed E-state index contributed by atoms with van der Waals surface area (Å²) in [6.07, 6.45) is 6.77. The van der Waals surface area contributed by atoms with E-state index in [0.29, 0.717) is 11.6 Å². The van der Waals surface area contributed by atoms with Crippen molar-refractivity contribution in [3.05, 3.63) is 71.7 Å². The lowest BCUT2D eigenvalue weighted by atomic mass is 10.0. The Labute approximate surface area is 162 Å². The summed E-state index contributed by atoms with van der Waals surface area (Å²) in [5.74, 6) is -0.00243. The van der Waals surface area contributed by atoms with Crippen molar-refractivity contribution in [3.8, 4) is 11.1 Å². The molecule has 2 aromatic carbocycles. The van der Waals surface area contributed by atoms with Crippen LogP contribution in [-0.4, -0.2) is 31.9 Å². The topological polar surface area (TPSA) is 75.6 Å². The monoisotopic (exact) mass is 371 g/mol. The fourth-order valence-electron chi connectivity index (χ4n) is 3.43. The van der Waals surface area contributed by atoms with Crippen molar-refractivity contribution >= 4 is 16.8 Å². The minimum absolute atomic E-state index is 0.00243. The number of amides is 1. The Bertz CT molecular complexity index is 1150. The lowest BCUT2D eigenvalue weighted by molar-refractivity contribution is 0.0951. The highest BCUT2D eigenvalue weighted by Crippen LogP contribution is 2.24. The molecule has 0 atom stereocenters. The first-order valence-electron chi connectivity index (χ1n) is 9.51. The molecule has 0 unspecified atom stereocenters. The predicted molar refractivity (Wildman–Crippen MR) is 108 cm³/mol. The Morgan fingerprint density at radius 2 is 2.00 bits per heavy atom. The van der Waals surface area contributed by atoms with Crippen LogP contribution < -0.4 is 5.32 Å². The summed E-state index contributed by atoms with van der Waals surface area (Å²) in [7, 11) is 1.92. The summed E-state index contributed by atoms with van der Waals surface area (Å²) >= 11 is 0. The maximum absolute atomic E-state index is 12.4. The van der Waals surface area contributed by atoms with Gasteiger partial charge in [0.2, 0.25) is 0 Å². The third-order valence-electron chi connectivity index (χ3n) is 5.18. The molecule has 1 aliphatic rings. The summed E-state index contributed by atoms with van der Waals surface area (Å²) in [5, 5.41) is 15.8. The maximum Gasteiger partial charge on any atom is 0.251 e. The van der Waals surface area contributed by atoms with Crippen molar-refractivity contribution in [1.29, 1.82) is 0 Å². The van der Waals surface area contributed by atoms with E-state index in [0.717, 1.165) is 47.0 Å². The van der Waals surface area contributed by atoms with E-state index >= 15 is 0 Å². The van der Waals surface area contributed by atoms with Crippen LogP contribution in [0, 0.1) is 0 Å². The SMILES string of the molecule is Cn1cc(-c2ccc(Cc3[nH]nc4ccc(C(=O)NC5CC5)cc34)cc2)cn1. The molecule has 140 valence electrons. The molecular weight excluding hydrogens is 350 g/mol. The Morgan fingerprint density at radius 1 is 1.18 bits per heavy atom. The van der Waals surface area contributed by atoms with Crippen LogP contribution in [0.2, 0.25) is 0 Å².